The molecule has 146 valence electrons. The van der Waals surface area contributed by atoms with Crippen molar-refractivity contribution in [3.8, 4) is 0 Å². The molecule has 1 aliphatic rings. The summed E-state index contributed by atoms with van der Waals surface area (Å²) in [4.78, 5) is -3.33. The maximum atomic E-state index is 14.0. The second-order valence-corrected chi connectivity index (χ2v) is 7.45. The van der Waals surface area contributed by atoms with Crippen LogP contribution in [0.25, 0.3) is 0 Å². The molecule has 27 heavy (non-hydrogen) atoms. The van der Waals surface area contributed by atoms with Crippen LogP contribution in [0, 0.1) is 5.92 Å². The zero-order chi connectivity index (χ0) is 19.3. The fourth-order valence-electron chi connectivity index (χ4n) is 3.06. The van der Waals surface area contributed by atoms with E-state index in [0.29, 0.717) is 6.61 Å². The van der Waals surface area contributed by atoms with Gasteiger partial charge in [0.15, 0.2) is 6.29 Å². The first-order chi connectivity index (χ1) is 12.9. The predicted molar refractivity (Wildman–Crippen MR) is 99.4 cm³/mol. The van der Waals surface area contributed by atoms with Crippen molar-refractivity contribution in [2.45, 2.75) is 36.5 Å². The molecule has 0 bridgehead atoms. The minimum atomic E-state index is -3.33. The van der Waals surface area contributed by atoms with Crippen LogP contribution in [0.2, 0.25) is 0 Å². The largest absolute Gasteiger partial charge is 0.374 e. The van der Waals surface area contributed by atoms with Gasteiger partial charge in [0.25, 0.3) is 0 Å². The van der Waals surface area contributed by atoms with Crippen LogP contribution in [0.4, 0.5) is 8.78 Å². The van der Waals surface area contributed by atoms with Crippen LogP contribution in [0.15, 0.2) is 60.7 Å². The second-order valence-electron chi connectivity index (χ2n) is 6.39. The fraction of sp³-hybridized carbons (Fsp3) is 0.400. The standard InChI is InChI=1S/C20H21BrF2O4/c21-20(22,23)17-18(26-12-15-9-5-2-6-10-15)16(27-19(17)24)13-25-11-14-7-3-1-4-8-14/h1-10,16-19,24H,11-13H2/t16-,17+,18-,19+/m1/s1. The highest BCUT2D eigenvalue weighted by molar-refractivity contribution is 9.10. The van der Waals surface area contributed by atoms with Crippen molar-refractivity contribution in [1.29, 1.82) is 0 Å². The zero-order valence-corrected chi connectivity index (χ0v) is 16.1. The van der Waals surface area contributed by atoms with Gasteiger partial charge >= 0.3 is 4.83 Å². The lowest BCUT2D eigenvalue weighted by atomic mass is 10.0. The molecule has 0 aliphatic carbocycles. The average molecular weight is 443 g/mol. The van der Waals surface area contributed by atoms with Crippen molar-refractivity contribution in [2.24, 2.45) is 5.92 Å². The van der Waals surface area contributed by atoms with Crippen LogP contribution >= 0.6 is 15.9 Å². The lowest BCUT2D eigenvalue weighted by molar-refractivity contribution is -0.145. The molecule has 0 spiro atoms. The smallest absolute Gasteiger partial charge is 0.311 e. The van der Waals surface area contributed by atoms with E-state index in [1.165, 1.54) is 0 Å². The minimum Gasteiger partial charge on any atom is -0.374 e. The van der Waals surface area contributed by atoms with Gasteiger partial charge in [0, 0.05) is 0 Å². The van der Waals surface area contributed by atoms with Gasteiger partial charge in [-0.15, -0.1) is 0 Å². The lowest BCUT2D eigenvalue weighted by Gasteiger charge is -2.26. The van der Waals surface area contributed by atoms with Gasteiger partial charge in [0.1, 0.15) is 18.1 Å². The Bertz CT molecular complexity index is 696. The molecular formula is C20H21BrF2O4. The molecule has 4 atom stereocenters. The first-order valence-corrected chi connectivity index (χ1v) is 9.42. The van der Waals surface area contributed by atoms with Crippen LogP contribution in [0.1, 0.15) is 11.1 Å². The van der Waals surface area contributed by atoms with E-state index in [1.807, 2.05) is 60.7 Å². The summed E-state index contributed by atoms with van der Waals surface area (Å²) < 4.78 is 44.6. The summed E-state index contributed by atoms with van der Waals surface area (Å²) in [7, 11) is 0. The summed E-state index contributed by atoms with van der Waals surface area (Å²) >= 11 is 2.35. The zero-order valence-electron chi connectivity index (χ0n) is 14.5. The van der Waals surface area contributed by atoms with Crippen molar-refractivity contribution in [2.75, 3.05) is 6.61 Å². The van der Waals surface area contributed by atoms with Gasteiger partial charge < -0.3 is 19.3 Å². The number of benzene rings is 2. The Kier molecular flexibility index (Phi) is 6.94. The van der Waals surface area contributed by atoms with Crippen LogP contribution < -0.4 is 0 Å². The lowest BCUT2D eigenvalue weighted by Crippen LogP contribution is -2.41. The molecule has 2 aromatic carbocycles. The first kappa shape index (κ1) is 20.4. The summed E-state index contributed by atoms with van der Waals surface area (Å²) in [6, 6.07) is 18.7. The topological polar surface area (TPSA) is 47.9 Å². The molecule has 0 unspecified atom stereocenters. The molecule has 1 N–H and O–H groups in total. The first-order valence-electron chi connectivity index (χ1n) is 8.62. The summed E-state index contributed by atoms with van der Waals surface area (Å²) in [6.07, 6.45) is -3.48. The number of alkyl halides is 3. The summed E-state index contributed by atoms with van der Waals surface area (Å²) in [6.45, 7) is 0.485. The number of aliphatic hydroxyl groups is 1. The highest BCUT2D eigenvalue weighted by Crippen LogP contribution is 2.43. The number of ether oxygens (including phenoxy) is 3. The van der Waals surface area contributed by atoms with E-state index in [1.54, 1.807) is 0 Å². The molecule has 7 heteroatoms. The third-order valence-corrected chi connectivity index (χ3v) is 4.93. The molecule has 0 radical (unpaired) electrons. The van der Waals surface area contributed by atoms with Crippen LogP contribution in [0.3, 0.4) is 0 Å². The number of halogens is 3. The molecule has 0 amide bonds. The molecule has 1 saturated heterocycles. The third kappa shape index (κ3) is 5.56. The molecule has 0 aromatic heterocycles. The second kappa shape index (κ2) is 9.21. The number of hydrogen-bond acceptors (Lipinski definition) is 4. The Balaban J connectivity index is 1.64. The van der Waals surface area contributed by atoms with E-state index in [4.69, 9.17) is 14.2 Å². The van der Waals surface area contributed by atoms with Crippen LogP contribution in [-0.4, -0.2) is 35.0 Å². The van der Waals surface area contributed by atoms with Crippen molar-refractivity contribution in [3.05, 3.63) is 71.8 Å². The highest BCUT2D eigenvalue weighted by Gasteiger charge is 2.56. The Morgan fingerprint density at radius 3 is 2.07 bits per heavy atom. The summed E-state index contributed by atoms with van der Waals surface area (Å²) in [5.74, 6) is -1.54. The molecular weight excluding hydrogens is 422 g/mol. The van der Waals surface area contributed by atoms with Crippen molar-refractivity contribution in [3.63, 3.8) is 0 Å². The maximum Gasteiger partial charge on any atom is 0.311 e. The Labute approximate surface area is 165 Å². The third-order valence-electron chi connectivity index (χ3n) is 4.40. The van der Waals surface area contributed by atoms with Crippen molar-refractivity contribution < 1.29 is 28.1 Å². The molecule has 2 aromatic rings. The predicted octanol–water partition coefficient (Wildman–Crippen LogP) is 4.11. The van der Waals surface area contributed by atoms with Gasteiger partial charge in [-0.3, -0.25) is 0 Å². The summed E-state index contributed by atoms with van der Waals surface area (Å²) in [5, 5.41) is 10.0. The van der Waals surface area contributed by atoms with E-state index in [2.05, 4.69) is 15.9 Å². The van der Waals surface area contributed by atoms with E-state index < -0.39 is 29.2 Å². The van der Waals surface area contributed by atoms with E-state index in [0.717, 1.165) is 11.1 Å². The minimum absolute atomic E-state index is 0.0327. The Morgan fingerprint density at radius 2 is 1.52 bits per heavy atom. The number of rotatable bonds is 8. The fourth-order valence-corrected chi connectivity index (χ4v) is 3.55. The van der Waals surface area contributed by atoms with Gasteiger partial charge in [-0.05, 0) is 27.1 Å². The van der Waals surface area contributed by atoms with Gasteiger partial charge in [-0.1, -0.05) is 60.7 Å². The van der Waals surface area contributed by atoms with Crippen molar-refractivity contribution >= 4 is 15.9 Å². The number of aliphatic hydroxyl groups excluding tert-OH is 1. The molecule has 4 nitrogen and oxygen atoms in total. The normalized spacial score (nSPS) is 25.6. The van der Waals surface area contributed by atoms with Gasteiger partial charge in [-0.2, -0.15) is 8.78 Å². The molecule has 3 rings (SSSR count). The highest BCUT2D eigenvalue weighted by atomic mass is 79.9. The molecule has 1 heterocycles. The quantitative estimate of drug-likeness (QED) is 0.624. The summed E-state index contributed by atoms with van der Waals surface area (Å²) in [5.41, 5.74) is 1.81. The average Bonchev–Trinajstić information content (AvgIpc) is 2.97. The monoisotopic (exact) mass is 442 g/mol. The van der Waals surface area contributed by atoms with E-state index in [9.17, 15) is 13.9 Å². The van der Waals surface area contributed by atoms with Gasteiger partial charge in [0.2, 0.25) is 0 Å². The van der Waals surface area contributed by atoms with Gasteiger partial charge in [0.05, 0.1) is 19.8 Å². The Hall–Kier alpha value is -1.38. The van der Waals surface area contributed by atoms with Gasteiger partial charge in [-0.25, -0.2) is 0 Å². The number of hydrogen-bond donors (Lipinski definition) is 1. The van der Waals surface area contributed by atoms with E-state index in [-0.39, 0.29) is 13.2 Å². The van der Waals surface area contributed by atoms with E-state index >= 15 is 0 Å². The van der Waals surface area contributed by atoms with Crippen LogP contribution in [0.5, 0.6) is 0 Å². The SMILES string of the molecule is O[C@H]1O[C@H](COCc2ccccc2)[C@@H](OCc2ccccc2)[C@@H]1C(F)(F)Br. The maximum absolute atomic E-state index is 14.0. The molecule has 0 saturated carbocycles. The molecule has 1 aliphatic heterocycles. The molecule has 1 fully saturated rings. The van der Waals surface area contributed by atoms with Crippen molar-refractivity contribution in [1.82, 2.24) is 0 Å². The Morgan fingerprint density at radius 1 is 0.963 bits per heavy atom. The van der Waals surface area contributed by atoms with Crippen LogP contribution in [-0.2, 0) is 27.4 Å².